The van der Waals surface area contributed by atoms with Crippen LogP contribution in [0.2, 0.25) is 18.1 Å². The van der Waals surface area contributed by atoms with Crippen molar-refractivity contribution in [2.24, 2.45) is 0 Å². The predicted octanol–water partition coefficient (Wildman–Crippen LogP) is 4.96. The van der Waals surface area contributed by atoms with E-state index in [0.29, 0.717) is 5.41 Å². The summed E-state index contributed by atoms with van der Waals surface area (Å²) >= 11 is 0. The molecule has 0 aromatic heterocycles. The van der Waals surface area contributed by atoms with Crippen LogP contribution in [0.1, 0.15) is 66.2 Å². The molecule has 0 atom stereocenters. The molecular weight excluding hydrogens is 212 g/mol. The van der Waals surface area contributed by atoms with E-state index in [9.17, 15) is 4.79 Å². The Kier molecular flexibility index (Phi) is 8.91. The van der Waals surface area contributed by atoms with E-state index in [1.165, 1.54) is 25.7 Å². The molecule has 0 heterocycles. The molecule has 0 aliphatic rings. The summed E-state index contributed by atoms with van der Waals surface area (Å²) in [5.41, 5.74) is 0. The Morgan fingerprint density at radius 2 is 1.31 bits per heavy atom. The average Bonchev–Trinajstić information content (AvgIpc) is 2.32. The minimum atomic E-state index is -1.53. The lowest BCUT2D eigenvalue weighted by molar-refractivity contribution is -0.113. The fourth-order valence-corrected chi connectivity index (χ4v) is 5.89. The highest BCUT2D eigenvalue weighted by Gasteiger charge is 2.34. The van der Waals surface area contributed by atoms with Crippen molar-refractivity contribution >= 4 is 13.5 Å². The molecule has 2 heteroatoms. The van der Waals surface area contributed by atoms with E-state index in [0.717, 1.165) is 31.0 Å². The van der Waals surface area contributed by atoms with Crippen LogP contribution in [0.5, 0.6) is 0 Å². The maximum absolute atomic E-state index is 12.3. The highest BCUT2D eigenvalue weighted by atomic mass is 28.3. The molecule has 96 valence electrons. The molecule has 0 N–H and O–H groups in total. The minimum Gasteiger partial charge on any atom is -0.305 e. The second-order valence-electron chi connectivity index (χ2n) is 4.93. The van der Waals surface area contributed by atoms with E-state index in [-0.39, 0.29) is 0 Å². The van der Waals surface area contributed by atoms with E-state index in [2.05, 4.69) is 27.7 Å². The van der Waals surface area contributed by atoms with Crippen molar-refractivity contribution in [2.45, 2.75) is 84.4 Å². The quantitative estimate of drug-likeness (QED) is 0.391. The third-order valence-corrected chi connectivity index (χ3v) is 9.62. The summed E-state index contributed by atoms with van der Waals surface area (Å²) in [4.78, 5) is 12.3. The lowest BCUT2D eigenvalue weighted by Crippen LogP contribution is -2.41. The van der Waals surface area contributed by atoms with Gasteiger partial charge in [-0.2, -0.15) is 0 Å². The van der Waals surface area contributed by atoms with Gasteiger partial charge in [0.25, 0.3) is 0 Å². The number of carbonyl (C=O) groups is 1. The molecule has 0 spiro atoms. The second-order valence-corrected chi connectivity index (χ2v) is 10.2. The second kappa shape index (κ2) is 8.97. The Morgan fingerprint density at radius 3 is 1.75 bits per heavy atom. The van der Waals surface area contributed by atoms with Crippen LogP contribution in [0.25, 0.3) is 0 Å². The van der Waals surface area contributed by atoms with E-state index in [4.69, 9.17) is 0 Å². The first-order valence-electron chi connectivity index (χ1n) is 7.20. The predicted molar refractivity (Wildman–Crippen MR) is 75.6 cm³/mol. The third-order valence-electron chi connectivity index (χ3n) is 4.13. The van der Waals surface area contributed by atoms with Crippen molar-refractivity contribution < 1.29 is 4.79 Å². The Bertz CT molecular complexity index is 177. The molecule has 0 fully saturated rings. The van der Waals surface area contributed by atoms with E-state index in [1.54, 1.807) is 0 Å². The number of hydrogen-bond acceptors (Lipinski definition) is 1. The molecule has 16 heavy (non-hydrogen) atoms. The first kappa shape index (κ1) is 15.9. The van der Waals surface area contributed by atoms with Crippen LogP contribution in [-0.2, 0) is 4.79 Å². The van der Waals surface area contributed by atoms with Gasteiger partial charge in [-0.05, 0) is 6.42 Å². The highest BCUT2D eigenvalue weighted by Crippen LogP contribution is 2.23. The number of unbranched alkanes of at least 4 members (excludes halogenated alkanes) is 4. The van der Waals surface area contributed by atoms with Gasteiger partial charge in [0, 0.05) is 6.42 Å². The van der Waals surface area contributed by atoms with Crippen LogP contribution in [-0.4, -0.2) is 13.5 Å². The lowest BCUT2D eigenvalue weighted by atomic mass is 10.1. The molecule has 0 amide bonds. The number of hydrogen-bond donors (Lipinski definition) is 0. The third kappa shape index (κ3) is 4.81. The summed E-state index contributed by atoms with van der Waals surface area (Å²) in [6, 6.07) is 3.44. The van der Waals surface area contributed by atoms with Gasteiger partial charge >= 0.3 is 0 Å². The van der Waals surface area contributed by atoms with E-state index in [1.807, 2.05) is 0 Å². The summed E-state index contributed by atoms with van der Waals surface area (Å²) < 4.78 is 0. The lowest BCUT2D eigenvalue weighted by Gasteiger charge is -2.25. The van der Waals surface area contributed by atoms with Crippen molar-refractivity contribution in [1.29, 1.82) is 0 Å². The molecule has 1 nitrogen and oxygen atoms in total. The Morgan fingerprint density at radius 1 is 0.812 bits per heavy atom. The van der Waals surface area contributed by atoms with Gasteiger partial charge in [-0.1, -0.05) is 71.5 Å². The molecule has 0 aliphatic heterocycles. The van der Waals surface area contributed by atoms with Crippen LogP contribution in [0.3, 0.4) is 0 Å². The standard InChI is InChI=1S/C14H30OSi/c1-5-9-10-11-12-13-14(15)16(6-2,7-3)8-4/h5-13H2,1-4H3. The molecule has 0 aliphatic carbocycles. The minimum absolute atomic E-state index is 0.650. The van der Waals surface area contributed by atoms with Crippen LogP contribution in [0.4, 0.5) is 0 Å². The average molecular weight is 242 g/mol. The summed E-state index contributed by atoms with van der Waals surface area (Å²) in [5, 5.41) is 0.650. The van der Waals surface area contributed by atoms with Gasteiger partial charge in [0.1, 0.15) is 13.5 Å². The zero-order valence-electron chi connectivity index (χ0n) is 11.8. The van der Waals surface area contributed by atoms with E-state index < -0.39 is 8.07 Å². The summed E-state index contributed by atoms with van der Waals surface area (Å²) in [7, 11) is -1.53. The zero-order valence-corrected chi connectivity index (χ0v) is 12.8. The molecular formula is C14H30OSi. The first-order valence-corrected chi connectivity index (χ1v) is 9.82. The van der Waals surface area contributed by atoms with Gasteiger partial charge in [-0.25, -0.2) is 0 Å². The molecule has 0 saturated heterocycles. The summed E-state index contributed by atoms with van der Waals surface area (Å²) in [5.74, 6) is 0. The molecule has 0 aromatic carbocycles. The fourth-order valence-electron chi connectivity index (χ4n) is 2.50. The van der Waals surface area contributed by atoms with Crippen molar-refractivity contribution in [2.75, 3.05) is 0 Å². The van der Waals surface area contributed by atoms with Gasteiger partial charge in [0.15, 0.2) is 0 Å². The summed E-state index contributed by atoms with van der Waals surface area (Å²) in [6.45, 7) is 8.88. The van der Waals surface area contributed by atoms with Gasteiger partial charge in [0.2, 0.25) is 0 Å². The fraction of sp³-hybridized carbons (Fsp3) is 0.929. The number of carbonyl (C=O) groups excluding carboxylic acids is 1. The maximum Gasteiger partial charge on any atom is 0.132 e. The van der Waals surface area contributed by atoms with Crippen LogP contribution in [0.15, 0.2) is 0 Å². The molecule has 0 radical (unpaired) electrons. The Labute approximate surface area is 103 Å². The highest BCUT2D eigenvalue weighted by molar-refractivity contribution is 7.05. The zero-order chi connectivity index (χ0) is 12.4. The summed E-state index contributed by atoms with van der Waals surface area (Å²) in [6.07, 6.45) is 7.17. The van der Waals surface area contributed by atoms with Crippen LogP contribution < -0.4 is 0 Å². The monoisotopic (exact) mass is 242 g/mol. The van der Waals surface area contributed by atoms with Crippen LogP contribution in [0, 0.1) is 0 Å². The Hall–Kier alpha value is -0.113. The van der Waals surface area contributed by atoms with Gasteiger partial charge < -0.3 is 4.79 Å². The van der Waals surface area contributed by atoms with Crippen molar-refractivity contribution in [3.8, 4) is 0 Å². The van der Waals surface area contributed by atoms with Crippen molar-refractivity contribution in [3.05, 3.63) is 0 Å². The van der Waals surface area contributed by atoms with Crippen LogP contribution >= 0.6 is 0 Å². The molecule has 0 unspecified atom stereocenters. The van der Waals surface area contributed by atoms with E-state index >= 15 is 0 Å². The SMILES string of the molecule is CCCCCCCC(=O)[Si](CC)(CC)CC. The van der Waals surface area contributed by atoms with Gasteiger partial charge in [0.05, 0.1) is 0 Å². The number of rotatable bonds is 10. The maximum atomic E-state index is 12.3. The smallest absolute Gasteiger partial charge is 0.132 e. The molecule has 0 aromatic rings. The van der Waals surface area contributed by atoms with Crippen molar-refractivity contribution in [1.82, 2.24) is 0 Å². The molecule has 0 saturated carbocycles. The Balaban J connectivity index is 3.93. The topological polar surface area (TPSA) is 17.1 Å². The normalized spacial score (nSPS) is 11.8. The van der Waals surface area contributed by atoms with Gasteiger partial charge in [-0.3, -0.25) is 0 Å². The van der Waals surface area contributed by atoms with Gasteiger partial charge in [-0.15, -0.1) is 0 Å². The van der Waals surface area contributed by atoms with Crippen molar-refractivity contribution in [3.63, 3.8) is 0 Å². The largest absolute Gasteiger partial charge is 0.305 e. The first-order chi connectivity index (χ1) is 7.66. The molecule has 0 bridgehead atoms. The molecule has 0 rings (SSSR count).